The van der Waals surface area contributed by atoms with Gasteiger partial charge < -0.3 is 5.73 Å². The van der Waals surface area contributed by atoms with Gasteiger partial charge in [-0.3, -0.25) is 4.21 Å². The average molecular weight is 271 g/mol. The molecule has 0 saturated carbocycles. The molecule has 1 atom stereocenters. The number of anilines is 1. The average Bonchev–Trinajstić information content (AvgIpc) is 2.29. The number of nitrogens with two attached hydrogens (primary N) is 1. The Balaban J connectivity index is 2.78. The van der Waals surface area contributed by atoms with E-state index in [1.807, 2.05) is 13.8 Å². The van der Waals surface area contributed by atoms with Gasteiger partial charge in [-0.2, -0.15) is 5.26 Å². The van der Waals surface area contributed by atoms with Gasteiger partial charge in [0, 0.05) is 11.4 Å². The summed E-state index contributed by atoms with van der Waals surface area (Å²) < 4.78 is 12.0. The van der Waals surface area contributed by atoms with Crippen LogP contribution in [0.25, 0.3) is 0 Å². The summed E-state index contributed by atoms with van der Waals surface area (Å²) in [6.07, 6.45) is 0.557. The Morgan fingerprint density at radius 2 is 2.18 bits per heavy atom. The fourth-order valence-electron chi connectivity index (χ4n) is 1.21. The number of nitrogens with zero attached hydrogens (tertiary/aromatic N) is 1. The lowest BCUT2D eigenvalue weighted by Crippen LogP contribution is -2.13. The first-order valence-corrected chi connectivity index (χ1v) is 6.90. The minimum absolute atomic E-state index is 0.406. The van der Waals surface area contributed by atoms with E-state index < -0.39 is 16.2 Å². The van der Waals surface area contributed by atoms with Crippen molar-refractivity contribution in [3.05, 3.63) is 23.2 Å². The molecule has 0 aliphatic rings. The number of nitrogen functional groups attached to an aromatic ring is 1. The lowest BCUT2D eigenvalue weighted by Gasteiger charge is -2.14. The van der Waals surface area contributed by atoms with Gasteiger partial charge in [-0.25, -0.2) is 0 Å². The highest BCUT2D eigenvalue weighted by Gasteiger charge is 2.19. The second-order valence-electron chi connectivity index (χ2n) is 4.49. The van der Waals surface area contributed by atoms with E-state index in [0.717, 1.165) is 0 Å². The number of hydrogen-bond donors (Lipinski definition) is 1. The van der Waals surface area contributed by atoms with Crippen molar-refractivity contribution in [3.8, 4) is 6.07 Å². The van der Waals surface area contributed by atoms with Gasteiger partial charge in [0.2, 0.25) is 0 Å². The van der Waals surface area contributed by atoms with E-state index >= 15 is 0 Å². The lowest BCUT2D eigenvalue weighted by atomic mass is 9.93. The van der Waals surface area contributed by atoms with Gasteiger partial charge in [-0.05, 0) is 38.5 Å². The molecule has 92 valence electrons. The standard InChI is InChI=1S/C12H15ClN2OS/c1-12(2,8-14)5-6-17(16)11-7-9(15)3-4-10(11)13/h3-4,7H,5-6,15H2,1-2H3. The van der Waals surface area contributed by atoms with Crippen molar-refractivity contribution < 1.29 is 4.21 Å². The molecule has 0 spiro atoms. The normalized spacial score (nSPS) is 13.1. The molecule has 1 rings (SSSR count). The monoisotopic (exact) mass is 270 g/mol. The third-order valence-electron chi connectivity index (χ3n) is 2.42. The van der Waals surface area contributed by atoms with Crippen LogP contribution >= 0.6 is 11.6 Å². The summed E-state index contributed by atoms with van der Waals surface area (Å²) in [6.45, 7) is 3.65. The van der Waals surface area contributed by atoms with Crippen molar-refractivity contribution in [2.75, 3.05) is 11.5 Å². The third kappa shape index (κ3) is 4.03. The molecule has 0 radical (unpaired) electrons. The topological polar surface area (TPSA) is 66.9 Å². The first kappa shape index (κ1) is 14.0. The smallest absolute Gasteiger partial charge is 0.0684 e. The first-order valence-electron chi connectivity index (χ1n) is 5.20. The van der Waals surface area contributed by atoms with Crippen LogP contribution in [0.4, 0.5) is 5.69 Å². The van der Waals surface area contributed by atoms with Crippen LogP contribution in [0.5, 0.6) is 0 Å². The Bertz CT molecular complexity index is 480. The maximum absolute atomic E-state index is 12.0. The molecule has 0 heterocycles. The van der Waals surface area contributed by atoms with E-state index in [4.69, 9.17) is 22.6 Å². The quantitative estimate of drug-likeness (QED) is 0.856. The Labute approximate surface area is 109 Å². The molecule has 0 fully saturated rings. The van der Waals surface area contributed by atoms with E-state index in [-0.39, 0.29) is 0 Å². The predicted molar refractivity (Wildman–Crippen MR) is 71.2 cm³/mol. The van der Waals surface area contributed by atoms with Crippen molar-refractivity contribution in [3.63, 3.8) is 0 Å². The first-order chi connectivity index (χ1) is 7.85. The molecule has 0 saturated heterocycles. The molecule has 0 amide bonds. The summed E-state index contributed by atoms with van der Waals surface area (Å²) in [5.41, 5.74) is 5.70. The van der Waals surface area contributed by atoms with Crippen molar-refractivity contribution >= 4 is 28.1 Å². The van der Waals surface area contributed by atoms with Crippen LogP contribution in [0.2, 0.25) is 5.02 Å². The second-order valence-corrected chi connectivity index (χ2v) is 6.43. The second kappa shape index (κ2) is 5.52. The third-order valence-corrected chi connectivity index (χ3v) is 4.26. The van der Waals surface area contributed by atoms with Crippen LogP contribution in [0.1, 0.15) is 20.3 Å². The Morgan fingerprint density at radius 3 is 2.76 bits per heavy atom. The van der Waals surface area contributed by atoms with Gasteiger partial charge >= 0.3 is 0 Å². The Hall–Kier alpha value is -1.05. The van der Waals surface area contributed by atoms with E-state index in [1.165, 1.54) is 0 Å². The summed E-state index contributed by atoms with van der Waals surface area (Å²) in [7, 11) is -1.22. The molecule has 3 nitrogen and oxygen atoms in total. The van der Waals surface area contributed by atoms with Crippen LogP contribution in [-0.2, 0) is 10.8 Å². The Kier molecular flexibility index (Phi) is 4.55. The largest absolute Gasteiger partial charge is 0.399 e. The summed E-state index contributed by atoms with van der Waals surface area (Å²) >= 11 is 5.96. The van der Waals surface area contributed by atoms with Gasteiger partial charge in [-0.15, -0.1) is 0 Å². The summed E-state index contributed by atoms with van der Waals surface area (Å²) in [6, 6.07) is 7.11. The van der Waals surface area contributed by atoms with E-state index in [9.17, 15) is 4.21 Å². The molecule has 1 aromatic rings. The van der Waals surface area contributed by atoms with Crippen molar-refractivity contribution in [1.82, 2.24) is 0 Å². The highest BCUT2D eigenvalue weighted by molar-refractivity contribution is 7.85. The van der Waals surface area contributed by atoms with Crippen LogP contribution in [0, 0.1) is 16.7 Å². The van der Waals surface area contributed by atoms with E-state index in [2.05, 4.69) is 6.07 Å². The zero-order valence-corrected chi connectivity index (χ0v) is 11.4. The predicted octanol–water partition coefficient (Wildman–Crippen LogP) is 2.97. The molecular formula is C12H15ClN2OS. The summed E-state index contributed by atoms with van der Waals surface area (Å²) in [5.74, 6) is 0.406. The minimum Gasteiger partial charge on any atom is -0.399 e. The minimum atomic E-state index is -1.22. The zero-order valence-electron chi connectivity index (χ0n) is 9.87. The maximum atomic E-state index is 12.0. The molecule has 0 aliphatic heterocycles. The van der Waals surface area contributed by atoms with E-state index in [1.54, 1.807) is 18.2 Å². The van der Waals surface area contributed by atoms with Gasteiger partial charge in [0.25, 0.3) is 0 Å². The molecule has 0 aromatic heterocycles. The molecule has 0 bridgehead atoms. The van der Waals surface area contributed by atoms with E-state index in [0.29, 0.717) is 27.8 Å². The van der Waals surface area contributed by atoms with Crippen molar-refractivity contribution in [2.45, 2.75) is 25.2 Å². The SMILES string of the molecule is CC(C)(C#N)CCS(=O)c1cc(N)ccc1Cl. The van der Waals surface area contributed by atoms with Gasteiger partial charge in [-0.1, -0.05) is 11.6 Å². The van der Waals surface area contributed by atoms with Crippen molar-refractivity contribution in [1.29, 1.82) is 5.26 Å². The number of rotatable bonds is 4. The number of nitriles is 1. The molecule has 17 heavy (non-hydrogen) atoms. The van der Waals surface area contributed by atoms with Gasteiger partial charge in [0.1, 0.15) is 0 Å². The molecule has 1 aromatic carbocycles. The number of halogens is 1. The molecule has 5 heteroatoms. The maximum Gasteiger partial charge on any atom is 0.0684 e. The fourth-order valence-corrected chi connectivity index (χ4v) is 3.05. The number of hydrogen-bond acceptors (Lipinski definition) is 3. The number of benzene rings is 1. The highest BCUT2D eigenvalue weighted by atomic mass is 35.5. The summed E-state index contributed by atoms with van der Waals surface area (Å²) in [5, 5.41) is 9.33. The lowest BCUT2D eigenvalue weighted by molar-refractivity contribution is 0.479. The summed E-state index contributed by atoms with van der Waals surface area (Å²) in [4.78, 5) is 0.542. The molecule has 2 N–H and O–H groups in total. The zero-order chi connectivity index (χ0) is 13.1. The van der Waals surface area contributed by atoms with Crippen LogP contribution < -0.4 is 5.73 Å². The van der Waals surface area contributed by atoms with Crippen LogP contribution in [0.3, 0.4) is 0 Å². The van der Waals surface area contributed by atoms with Crippen molar-refractivity contribution in [2.24, 2.45) is 5.41 Å². The molecular weight excluding hydrogens is 256 g/mol. The molecule has 0 aliphatic carbocycles. The Morgan fingerprint density at radius 1 is 1.53 bits per heavy atom. The highest BCUT2D eigenvalue weighted by Crippen LogP contribution is 2.25. The fraction of sp³-hybridized carbons (Fsp3) is 0.417. The van der Waals surface area contributed by atoms with Crippen LogP contribution in [-0.4, -0.2) is 9.96 Å². The van der Waals surface area contributed by atoms with Gasteiger partial charge in [0.05, 0.1) is 32.2 Å². The van der Waals surface area contributed by atoms with Crippen LogP contribution in [0.15, 0.2) is 23.1 Å². The molecule has 1 unspecified atom stereocenters. The van der Waals surface area contributed by atoms with Gasteiger partial charge in [0.15, 0.2) is 0 Å².